The number of fused-ring (bicyclic) bond motifs is 1. The van der Waals surface area contributed by atoms with Crippen LogP contribution in [0.5, 0.6) is 5.75 Å². The highest BCUT2D eigenvalue weighted by atomic mass is 19.1. The van der Waals surface area contributed by atoms with E-state index in [4.69, 9.17) is 4.74 Å². The first-order valence-corrected chi connectivity index (χ1v) is 12.6. The van der Waals surface area contributed by atoms with Gasteiger partial charge in [0.15, 0.2) is 0 Å². The molecule has 4 atom stereocenters. The van der Waals surface area contributed by atoms with E-state index in [1.54, 1.807) is 6.92 Å². The van der Waals surface area contributed by atoms with E-state index in [-0.39, 0.29) is 23.8 Å². The molecule has 5 nitrogen and oxygen atoms in total. The Balaban J connectivity index is 1.14. The van der Waals surface area contributed by atoms with Gasteiger partial charge in [-0.2, -0.15) is 0 Å². The molecule has 0 bridgehead atoms. The molecule has 1 heterocycles. The lowest BCUT2D eigenvalue weighted by Gasteiger charge is -2.32. The lowest BCUT2D eigenvalue weighted by Crippen LogP contribution is -2.40. The van der Waals surface area contributed by atoms with Gasteiger partial charge in [0, 0.05) is 31.5 Å². The fraction of sp³-hybridized carbons (Fsp3) is 0.536. The molecule has 7 heteroatoms. The van der Waals surface area contributed by atoms with Gasteiger partial charge in [0.1, 0.15) is 17.6 Å². The zero-order valence-electron chi connectivity index (χ0n) is 20.3. The minimum atomic E-state index is -1.10. The Labute approximate surface area is 205 Å². The molecule has 35 heavy (non-hydrogen) atoms. The van der Waals surface area contributed by atoms with Gasteiger partial charge in [-0.05, 0) is 67.5 Å². The molecular formula is C28H34F2N2O3. The molecule has 2 aliphatic carbocycles. The van der Waals surface area contributed by atoms with Gasteiger partial charge in [0.05, 0.1) is 18.8 Å². The number of aliphatic hydroxyl groups is 1. The molecule has 2 fully saturated rings. The lowest BCUT2D eigenvalue weighted by molar-refractivity contribution is -0.130. The van der Waals surface area contributed by atoms with Crippen LogP contribution >= 0.6 is 0 Å². The number of ether oxygens (including phenoxy) is 1. The van der Waals surface area contributed by atoms with Crippen molar-refractivity contribution in [2.24, 2.45) is 11.8 Å². The SMILES string of the molecule is C[C@H](NC(=O)C1CC(F)C1)c1ccc(CN2Cc3ccc(OCC4CC4(C)F)cc3C(O)C2)cc1. The zero-order chi connectivity index (χ0) is 24.7. The Hall–Kier alpha value is -2.51. The second kappa shape index (κ2) is 9.51. The number of benzene rings is 2. The van der Waals surface area contributed by atoms with Crippen molar-refractivity contribution in [2.45, 2.75) is 70.2 Å². The normalized spacial score (nSPS) is 30.7. The van der Waals surface area contributed by atoms with Crippen molar-refractivity contribution in [3.05, 3.63) is 64.7 Å². The minimum absolute atomic E-state index is 0.0449. The van der Waals surface area contributed by atoms with Gasteiger partial charge in [0.25, 0.3) is 0 Å². The standard InChI is InChI=1S/C28H34F2N2O3/c1-17(31-27(34)21-9-23(29)10-21)19-5-3-18(4-6-19)13-32-14-20-7-8-24(11-25(20)26(33)15-32)35-16-22-12-28(22,2)30/h3-8,11,17,21-23,26,33H,9-10,12-16H2,1-2H3,(H,31,34)/t17-,21?,22?,23?,26?,28?/m0/s1. The molecule has 1 amide bonds. The first kappa shape index (κ1) is 24.2. The maximum atomic E-state index is 13.7. The number of halogens is 2. The number of nitrogens with zero attached hydrogens (tertiary/aromatic N) is 1. The van der Waals surface area contributed by atoms with E-state index in [1.807, 2.05) is 49.4 Å². The van der Waals surface area contributed by atoms with Gasteiger partial charge < -0.3 is 15.2 Å². The Morgan fingerprint density at radius 3 is 2.63 bits per heavy atom. The average molecular weight is 485 g/mol. The second-order valence-corrected chi connectivity index (χ2v) is 10.8. The van der Waals surface area contributed by atoms with Crippen LogP contribution < -0.4 is 10.1 Å². The van der Waals surface area contributed by atoms with E-state index < -0.39 is 17.9 Å². The summed E-state index contributed by atoms with van der Waals surface area (Å²) in [5.74, 6) is 0.361. The number of hydrogen-bond donors (Lipinski definition) is 2. The maximum Gasteiger partial charge on any atom is 0.223 e. The Morgan fingerprint density at radius 1 is 1.26 bits per heavy atom. The number of alkyl halides is 2. The van der Waals surface area contributed by atoms with Crippen molar-refractivity contribution < 1.29 is 23.4 Å². The van der Waals surface area contributed by atoms with Crippen molar-refractivity contribution in [3.63, 3.8) is 0 Å². The second-order valence-electron chi connectivity index (χ2n) is 10.8. The third-order valence-corrected chi connectivity index (χ3v) is 7.79. The van der Waals surface area contributed by atoms with Crippen LogP contribution in [0, 0.1) is 11.8 Å². The van der Waals surface area contributed by atoms with Gasteiger partial charge >= 0.3 is 0 Å². The van der Waals surface area contributed by atoms with Crippen molar-refractivity contribution >= 4 is 5.91 Å². The fourth-order valence-corrected chi connectivity index (χ4v) is 5.09. The van der Waals surface area contributed by atoms with E-state index in [2.05, 4.69) is 10.2 Å². The van der Waals surface area contributed by atoms with Gasteiger partial charge in [0.2, 0.25) is 5.91 Å². The molecule has 5 rings (SSSR count). The van der Waals surface area contributed by atoms with E-state index in [0.29, 0.717) is 44.7 Å². The van der Waals surface area contributed by atoms with Crippen LogP contribution in [-0.2, 0) is 17.9 Å². The molecule has 3 unspecified atom stereocenters. The van der Waals surface area contributed by atoms with Crippen molar-refractivity contribution in [1.29, 1.82) is 0 Å². The predicted molar refractivity (Wildman–Crippen MR) is 129 cm³/mol. The smallest absolute Gasteiger partial charge is 0.223 e. The summed E-state index contributed by atoms with van der Waals surface area (Å²) in [5.41, 5.74) is 2.98. The van der Waals surface area contributed by atoms with Crippen LogP contribution in [0.4, 0.5) is 8.78 Å². The molecule has 1 aliphatic heterocycles. The summed E-state index contributed by atoms with van der Waals surface area (Å²) in [5, 5.41) is 13.8. The monoisotopic (exact) mass is 484 g/mol. The number of β-amino-alcohol motifs (C(OH)–C–C–N with tert-alkyl or cyclic N) is 1. The summed E-state index contributed by atoms with van der Waals surface area (Å²) in [6.45, 7) is 5.86. The minimum Gasteiger partial charge on any atom is -0.493 e. The number of amides is 1. The summed E-state index contributed by atoms with van der Waals surface area (Å²) in [7, 11) is 0. The maximum absolute atomic E-state index is 13.7. The topological polar surface area (TPSA) is 61.8 Å². The first-order chi connectivity index (χ1) is 16.7. The highest BCUT2D eigenvalue weighted by Gasteiger charge is 2.51. The van der Waals surface area contributed by atoms with Crippen molar-refractivity contribution in [2.75, 3.05) is 13.2 Å². The van der Waals surface area contributed by atoms with Crippen LogP contribution in [0.25, 0.3) is 0 Å². The number of hydrogen-bond acceptors (Lipinski definition) is 4. The number of carbonyl (C=O) groups is 1. The fourth-order valence-electron chi connectivity index (χ4n) is 5.09. The quantitative estimate of drug-likeness (QED) is 0.566. The molecule has 0 radical (unpaired) electrons. The first-order valence-electron chi connectivity index (χ1n) is 12.6. The summed E-state index contributed by atoms with van der Waals surface area (Å²) in [4.78, 5) is 14.4. The molecule has 2 saturated carbocycles. The summed E-state index contributed by atoms with van der Waals surface area (Å²) in [6, 6.07) is 13.8. The average Bonchev–Trinajstić information content (AvgIpc) is 3.42. The van der Waals surface area contributed by atoms with Gasteiger partial charge in [-0.25, -0.2) is 8.78 Å². The molecule has 2 aromatic rings. The summed E-state index contributed by atoms with van der Waals surface area (Å²) < 4.78 is 32.5. The van der Waals surface area contributed by atoms with Crippen molar-refractivity contribution in [1.82, 2.24) is 10.2 Å². The van der Waals surface area contributed by atoms with Gasteiger partial charge in [-0.15, -0.1) is 0 Å². The lowest BCUT2D eigenvalue weighted by atomic mass is 9.82. The number of aliphatic hydroxyl groups excluding tert-OH is 1. The predicted octanol–water partition coefficient (Wildman–Crippen LogP) is 4.79. The van der Waals surface area contributed by atoms with Crippen LogP contribution in [0.3, 0.4) is 0 Å². The number of nitrogens with one attached hydrogen (secondary N) is 1. The molecule has 3 aliphatic rings. The molecule has 188 valence electrons. The van der Waals surface area contributed by atoms with E-state index >= 15 is 0 Å². The van der Waals surface area contributed by atoms with E-state index in [9.17, 15) is 18.7 Å². The zero-order valence-corrected chi connectivity index (χ0v) is 20.3. The highest BCUT2D eigenvalue weighted by Crippen LogP contribution is 2.47. The van der Waals surface area contributed by atoms with Gasteiger partial charge in [-0.3, -0.25) is 9.69 Å². The third kappa shape index (κ3) is 5.51. The molecule has 2 aromatic carbocycles. The highest BCUT2D eigenvalue weighted by molar-refractivity contribution is 5.80. The van der Waals surface area contributed by atoms with Crippen LogP contribution in [0.1, 0.15) is 67.5 Å². The third-order valence-electron chi connectivity index (χ3n) is 7.79. The Bertz CT molecular complexity index is 1070. The largest absolute Gasteiger partial charge is 0.493 e. The van der Waals surface area contributed by atoms with Crippen LogP contribution in [0.2, 0.25) is 0 Å². The van der Waals surface area contributed by atoms with E-state index in [0.717, 1.165) is 28.8 Å². The van der Waals surface area contributed by atoms with Crippen LogP contribution in [-0.4, -0.2) is 40.9 Å². The summed E-state index contributed by atoms with van der Waals surface area (Å²) >= 11 is 0. The van der Waals surface area contributed by atoms with Crippen molar-refractivity contribution in [3.8, 4) is 5.75 Å². The molecule has 0 aromatic heterocycles. The number of carbonyl (C=O) groups excluding carboxylic acids is 1. The molecule has 0 spiro atoms. The Kier molecular flexibility index (Phi) is 6.57. The molecular weight excluding hydrogens is 450 g/mol. The van der Waals surface area contributed by atoms with E-state index in [1.165, 1.54) is 0 Å². The van der Waals surface area contributed by atoms with Gasteiger partial charge in [-0.1, -0.05) is 30.3 Å². The Morgan fingerprint density at radius 2 is 1.97 bits per heavy atom. The summed E-state index contributed by atoms with van der Waals surface area (Å²) in [6.07, 6.45) is -0.242. The molecule has 2 N–H and O–H groups in total. The molecule has 0 saturated heterocycles. The van der Waals surface area contributed by atoms with Crippen LogP contribution in [0.15, 0.2) is 42.5 Å². The number of rotatable bonds is 8.